The monoisotopic (exact) mass is 459 g/mol. The summed E-state index contributed by atoms with van der Waals surface area (Å²) >= 11 is 0. The van der Waals surface area contributed by atoms with Crippen molar-refractivity contribution in [3.8, 4) is 5.75 Å². The number of carbonyl (C=O) groups is 2. The van der Waals surface area contributed by atoms with E-state index >= 15 is 0 Å². The van der Waals surface area contributed by atoms with Crippen LogP contribution in [0.15, 0.2) is 24.5 Å². The van der Waals surface area contributed by atoms with E-state index in [0.717, 1.165) is 32.4 Å². The number of nitrogens with zero attached hydrogens (tertiary/aromatic N) is 4. The van der Waals surface area contributed by atoms with E-state index in [1.165, 1.54) is 6.20 Å². The molecule has 2 N–H and O–H groups in total. The van der Waals surface area contributed by atoms with E-state index < -0.39 is 5.60 Å². The minimum Gasteiger partial charge on any atom is -0.409 e. The largest absolute Gasteiger partial charge is 0.415 e. The number of amides is 2. The second-order valence-corrected chi connectivity index (χ2v) is 10.5. The van der Waals surface area contributed by atoms with Crippen molar-refractivity contribution < 1.29 is 19.4 Å². The van der Waals surface area contributed by atoms with E-state index in [9.17, 15) is 14.7 Å². The van der Waals surface area contributed by atoms with Crippen LogP contribution in [0.4, 0.5) is 4.79 Å². The number of fused-ring (bicyclic) bond motifs is 1. The molecule has 9 heteroatoms. The second-order valence-electron chi connectivity index (χ2n) is 10.5. The lowest BCUT2D eigenvalue weighted by Gasteiger charge is -2.53. The van der Waals surface area contributed by atoms with Gasteiger partial charge < -0.3 is 19.6 Å². The van der Waals surface area contributed by atoms with E-state index in [-0.39, 0.29) is 30.1 Å². The first-order chi connectivity index (χ1) is 15.6. The van der Waals surface area contributed by atoms with Crippen LogP contribution >= 0.6 is 0 Å². The molecule has 33 heavy (non-hydrogen) atoms. The van der Waals surface area contributed by atoms with Crippen LogP contribution in [0.1, 0.15) is 47.0 Å². The molecule has 0 radical (unpaired) electrons. The first-order valence-corrected chi connectivity index (χ1v) is 12.0. The molecule has 3 fully saturated rings. The summed E-state index contributed by atoms with van der Waals surface area (Å²) in [6, 6.07) is 3.34. The Kier molecular flexibility index (Phi) is 6.93. The normalized spacial score (nSPS) is 30.8. The Morgan fingerprint density at radius 3 is 2.70 bits per heavy atom. The fourth-order valence-corrected chi connectivity index (χ4v) is 5.97. The number of hydrogen-bond acceptors (Lipinski definition) is 7. The smallest absolute Gasteiger partial charge is 0.409 e. The fraction of sp³-hybridized carbons (Fsp3) is 0.708. The van der Waals surface area contributed by atoms with Gasteiger partial charge in [0, 0.05) is 45.3 Å². The van der Waals surface area contributed by atoms with Crippen LogP contribution in [0, 0.1) is 11.8 Å². The van der Waals surface area contributed by atoms with Gasteiger partial charge in [0.2, 0.25) is 5.91 Å². The maximum absolute atomic E-state index is 13.2. The first-order valence-electron chi connectivity index (χ1n) is 12.0. The van der Waals surface area contributed by atoms with E-state index in [1.807, 2.05) is 30.6 Å². The molecule has 3 heterocycles. The molecule has 0 spiro atoms. The Morgan fingerprint density at radius 1 is 1.24 bits per heavy atom. The van der Waals surface area contributed by atoms with Gasteiger partial charge in [0.1, 0.15) is 0 Å². The highest BCUT2D eigenvalue weighted by molar-refractivity contribution is 5.76. The predicted molar refractivity (Wildman–Crippen MR) is 123 cm³/mol. The molecule has 0 bridgehead atoms. The maximum Gasteiger partial charge on any atom is 0.415 e. The molecule has 182 valence electrons. The second kappa shape index (κ2) is 9.56. The Labute approximate surface area is 196 Å². The number of nitrogens with one attached hydrogen (secondary N) is 1. The molecule has 1 aromatic heterocycles. The van der Waals surface area contributed by atoms with Crippen LogP contribution in [-0.2, 0) is 4.79 Å². The van der Waals surface area contributed by atoms with Crippen molar-refractivity contribution in [3.05, 3.63) is 24.5 Å². The van der Waals surface area contributed by atoms with E-state index in [2.05, 4.69) is 15.4 Å². The van der Waals surface area contributed by atoms with Crippen molar-refractivity contribution in [3.63, 3.8) is 0 Å². The number of carbonyl (C=O) groups excluding carboxylic acids is 2. The molecule has 9 nitrogen and oxygen atoms in total. The number of piperazine rings is 1. The Bertz CT molecular complexity index is 845. The highest BCUT2D eigenvalue weighted by atomic mass is 16.6. The molecule has 2 aliphatic heterocycles. The predicted octanol–water partition coefficient (Wildman–Crippen LogP) is 1.88. The van der Waals surface area contributed by atoms with Gasteiger partial charge in [0.25, 0.3) is 0 Å². The summed E-state index contributed by atoms with van der Waals surface area (Å²) in [7, 11) is 0. The van der Waals surface area contributed by atoms with Gasteiger partial charge in [-0.25, -0.2) is 9.80 Å². The van der Waals surface area contributed by atoms with Gasteiger partial charge in [-0.1, -0.05) is 0 Å². The first kappa shape index (κ1) is 23.9. The van der Waals surface area contributed by atoms with Crippen molar-refractivity contribution in [2.45, 2.75) is 70.7 Å². The number of aromatic nitrogens is 1. The summed E-state index contributed by atoms with van der Waals surface area (Å²) in [5.41, 5.74) is 2.67. The van der Waals surface area contributed by atoms with Crippen molar-refractivity contribution in [1.29, 1.82) is 0 Å². The zero-order chi connectivity index (χ0) is 23.8. The lowest BCUT2D eigenvalue weighted by atomic mass is 9.73. The van der Waals surface area contributed by atoms with Gasteiger partial charge >= 0.3 is 6.09 Å². The summed E-state index contributed by atoms with van der Waals surface area (Å²) in [6.45, 7) is 10.0. The maximum atomic E-state index is 13.2. The van der Waals surface area contributed by atoms with Gasteiger partial charge in [0.05, 0.1) is 23.9 Å². The SMILES string of the molecule is CC(=O)N1C2CCC(C3CNN(CC(C)(C)O)C3)CC2N(C(=O)Oc2cccnc2)C[C@@H]1C. The topological polar surface area (TPSA) is 98.2 Å². The van der Waals surface area contributed by atoms with Crippen LogP contribution in [-0.4, -0.2) is 86.8 Å². The van der Waals surface area contributed by atoms with E-state index in [4.69, 9.17) is 4.74 Å². The van der Waals surface area contributed by atoms with Crippen LogP contribution in [0.5, 0.6) is 5.75 Å². The summed E-state index contributed by atoms with van der Waals surface area (Å²) in [5.74, 6) is 1.36. The van der Waals surface area contributed by atoms with Crippen LogP contribution in [0.25, 0.3) is 0 Å². The highest BCUT2D eigenvalue weighted by Crippen LogP contribution is 2.40. The Morgan fingerprint density at radius 2 is 2.03 bits per heavy atom. The zero-order valence-corrected chi connectivity index (χ0v) is 20.1. The average Bonchev–Trinajstić information content (AvgIpc) is 3.20. The lowest BCUT2D eigenvalue weighted by Crippen LogP contribution is -2.67. The summed E-state index contributed by atoms with van der Waals surface area (Å²) in [5, 5.41) is 12.3. The molecule has 1 saturated carbocycles. The Hall–Kier alpha value is -2.23. The molecule has 1 aromatic rings. The molecule has 4 rings (SSSR count). The summed E-state index contributed by atoms with van der Waals surface area (Å²) < 4.78 is 5.65. The molecule has 0 aromatic carbocycles. The van der Waals surface area contributed by atoms with Crippen LogP contribution < -0.4 is 10.2 Å². The number of ether oxygens (including phenoxy) is 1. The third kappa shape index (κ3) is 5.47. The van der Waals surface area contributed by atoms with Gasteiger partial charge in [-0.15, -0.1) is 0 Å². The number of aliphatic hydroxyl groups is 1. The number of β-amino-alcohol motifs (C(OH)–C–C–N with tert-alkyl or cyclic N) is 1. The number of pyridine rings is 1. The van der Waals surface area contributed by atoms with Gasteiger partial charge in [-0.3, -0.25) is 15.2 Å². The minimum absolute atomic E-state index is 0.00536. The molecular weight excluding hydrogens is 422 g/mol. The van der Waals surface area contributed by atoms with Crippen LogP contribution in [0.3, 0.4) is 0 Å². The number of hydrogen-bond donors (Lipinski definition) is 2. The zero-order valence-electron chi connectivity index (χ0n) is 20.1. The van der Waals surface area contributed by atoms with Crippen molar-refractivity contribution in [2.75, 3.05) is 26.2 Å². The highest BCUT2D eigenvalue weighted by Gasteiger charge is 2.48. The third-order valence-electron chi connectivity index (χ3n) is 7.23. The summed E-state index contributed by atoms with van der Waals surface area (Å²) in [4.78, 5) is 33.5. The lowest BCUT2D eigenvalue weighted by molar-refractivity contribution is -0.142. The molecule has 2 amide bonds. The molecule has 5 atom stereocenters. The fourth-order valence-electron chi connectivity index (χ4n) is 5.97. The number of hydrazine groups is 1. The summed E-state index contributed by atoms with van der Waals surface area (Å²) in [6.07, 6.45) is 5.54. The van der Waals surface area contributed by atoms with E-state index in [1.54, 1.807) is 25.3 Å². The molecule has 3 aliphatic rings. The van der Waals surface area contributed by atoms with E-state index in [0.29, 0.717) is 30.7 Å². The molecule has 4 unspecified atom stereocenters. The standard InChI is InChI=1S/C24H37N5O4/c1-16-13-28(23(31)33-20-6-5-9-25-12-20)22-10-18(7-8-21(22)29(16)17(2)30)19-11-26-27(14-19)15-24(3,4)32/h5-6,9,12,16,18-19,21-22,26,32H,7-8,10-11,13-15H2,1-4H3/t16-,18?,19?,21?,22?/m0/s1. The Balaban J connectivity index is 1.49. The quantitative estimate of drug-likeness (QED) is 0.709. The van der Waals surface area contributed by atoms with Crippen LogP contribution in [0.2, 0.25) is 0 Å². The number of rotatable bonds is 4. The van der Waals surface area contributed by atoms with Crippen molar-refractivity contribution >= 4 is 12.0 Å². The molecule has 2 saturated heterocycles. The van der Waals surface area contributed by atoms with Gasteiger partial charge in [-0.2, -0.15) is 0 Å². The third-order valence-corrected chi connectivity index (χ3v) is 7.23. The average molecular weight is 460 g/mol. The van der Waals surface area contributed by atoms with Crippen molar-refractivity contribution in [2.24, 2.45) is 11.8 Å². The van der Waals surface area contributed by atoms with Gasteiger partial charge in [-0.05, 0) is 64.0 Å². The van der Waals surface area contributed by atoms with Crippen molar-refractivity contribution in [1.82, 2.24) is 25.2 Å². The van der Waals surface area contributed by atoms with Gasteiger partial charge in [0.15, 0.2) is 5.75 Å². The molecule has 1 aliphatic carbocycles. The molecular formula is C24H37N5O4. The minimum atomic E-state index is -0.756.